The molecular weight excluding hydrogens is 298 g/mol. The molecule has 1 aliphatic rings. The minimum absolute atomic E-state index is 0.0731. The minimum Gasteiger partial charge on any atom is -0.369 e. The summed E-state index contributed by atoms with van der Waals surface area (Å²) in [5.74, 6) is -0.300. The lowest BCUT2D eigenvalue weighted by atomic mass is 10.1. The molecule has 4 rings (SSSR count). The van der Waals surface area contributed by atoms with Gasteiger partial charge in [-0.1, -0.05) is 41.7 Å². The molecule has 1 aliphatic heterocycles. The third-order valence-corrected chi connectivity index (χ3v) is 4.95. The van der Waals surface area contributed by atoms with Crippen molar-refractivity contribution in [3.05, 3.63) is 36.5 Å². The molecule has 2 N–H and O–H groups in total. The zero-order chi connectivity index (χ0) is 15.1. The summed E-state index contributed by atoms with van der Waals surface area (Å²) in [6.07, 6.45) is 2.73. The number of benzene rings is 1. The number of amides is 1. The first kappa shape index (κ1) is 13.3. The Hall–Kier alpha value is -2.41. The van der Waals surface area contributed by atoms with Gasteiger partial charge in [-0.3, -0.25) is 4.79 Å². The van der Waals surface area contributed by atoms with Crippen LogP contribution in [0.15, 0.2) is 36.5 Å². The van der Waals surface area contributed by atoms with Gasteiger partial charge in [0.1, 0.15) is 0 Å². The van der Waals surface area contributed by atoms with Crippen LogP contribution in [0.25, 0.3) is 16.2 Å². The van der Waals surface area contributed by atoms with Crippen molar-refractivity contribution in [3.8, 4) is 11.3 Å². The Balaban J connectivity index is 1.61. The number of imidazole rings is 1. The van der Waals surface area contributed by atoms with Crippen molar-refractivity contribution >= 4 is 27.3 Å². The molecule has 3 aromatic rings. The second kappa shape index (κ2) is 5.10. The van der Waals surface area contributed by atoms with Crippen LogP contribution in [-0.4, -0.2) is 33.6 Å². The molecule has 1 fully saturated rings. The van der Waals surface area contributed by atoms with Crippen molar-refractivity contribution in [2.24, 2.45) is 11.7 Å². The Kier molecular flexibility index (Phi) is 3.07. The van der Waals surface area contributed by atoms with Crippen molar-refractivity contribution in [3.63, 3.8) is 0 Å². The monoisotopic (exact) mass is 313 g/mol. The number of nitrogens with two attached hydrogens (primary N) is 1. The normalized spacial score (nSPS) is 18.2. The molecule has 22 heavy (non-hydrogen) atoms. The molecule has 0 saturated carbocycles. The van der Waals surface area contributed by atoms with E-state index in [2.05, 4.69) is 15.0 Å². The van der Waals surface area contributed by atoms with Crippen LogP contribution < -0.4 is 10.6 Å². The number of primary amides is 1. The summed E-state index contributed by atoms with van der Waals surface area (Å²) in [7, 11) is 0. The van der Waals surface area contributed by atoms with Crippen LogP contribution in [0.4, 0.5) is 5.13 Å². The summed E-state index contributed by atoms with van der Waals surface area (Å²) in [6.45, 7) is 1.47. The van der Waals surface area contributed by atoms with Crippen LogP contribution in [0.3, 0.4) is 0 Å². The Morgan fingerprint density at radius 1 is 1.32 bits per heavy atom. The average molecular weight is 313 g/mol. The number of carbonyl (C=O) groups is 1. The van der Waals surface area contributed by atoms with Crippen molar-refractivity contribution in [1.82, 2.24) is 14.6 Å². The Morgan fingerprint density at radius 3 is 2.82 bits per heavy atom. The smallest absolute Gasteiger partial charge is 0.222 e. The zero-order valence-electron chi connectivity index (χ0n) is 11.8. The largest absolute Gasteiger partial charge is 0.369 e. The molecule has 1 saturated heterocycles. The van der Waals surface area contributed by atoms with E-state index in [-0.39, 0.29) is 11.8 Å². The highest BCUT2D eigenvalue weighted by molar-refractivity contribution is 7.20. The lowest BCUT2D eigenvalue weighted by Gasteiger charge is -2.12. The number of fused-ring (bicyclic) bond motifs is 1. The van der Waals surface area contributed by atoms with Gasteiger partial charge in [0, 0.05) is 18.7 Å². The Labute approximate surface area is 131 Å². The second-order valence-electron chi connectivity index (χ2n) is 5.44. The number of carbonyl (C=O) groups excluding carboxylic acids is 1. The molecule has 0 bridgehead atoms. The van der Waals surface area contributed by atoms with Crippen LogP contribution >= 0.6 is 11.3 Å². The third kappa shape index (κ3) is 2.23. The molecule has 1 amide bonds. The lowest BCUT2D eigenvalue weighted by molar-refractivity contribution is -0.121. The van der Waals surface area contributed by atoms with E-state index < -0.39 is 0 Å². The summed E-state index contributed by atoms with van der Waals surface area (Å²) in [4.78, 5) is 18.9. The van der Waals surface area contributed by atoms with Crippen LogP contribution in [0, 0.1) is 5.92 Å². The molecule has 1 aromatic carbocycles. The summed E-state index contributed by atoms with van der Waals surface area (Å²) in [5.41, 5.74) is 7.38. The molecule has 0 unspecified atom stereocenters. The predicted molar refractivity (Wildman–Crippen MR) is 85.8 cm³/mol. The first-order chi connectivity index (χ1) is 10.7. The van der Waals surface area contributed by atoms with Gasteiger partial charge < -0.3 is 10.6 Å². The van der Waals surface area contributed by atoms with Crippen molar-refractivity contribution in [2.45, 2.75) is 6.42 Å². The number of hydrogen-bond donors (Lipinski definition) is 1. The van der Waals surface area contributed by atoms with Gasteiger partial charge in [0.05, 0.1) is 17.8 Å². The number of anilines is 1. The predicted octanol–water partition coefficient (Wildman–Crippen LogP) is 1.77. The second-order valence-corrected chi connectivity index (χ2v) is 6.37. The third-order valence-electron chi connectivity index (χ3n) is 3.96. The van der Waals surface area contributed by atoms with Crippen molar-refractivity contribution in [2.75, 3.05) is 18.0 Å². The van der Waals surface area contributed by atoms with E-state index in [1.165, 1.54) is 11.3 Å². The van der Waals surface area contributed by atoms with Gasteiger partial charge in [-0.15, -0.1) is 5.10 Å². The van der Waals surface area contributed by atoms with Gasteiger partial charge in [0.25, 0.3) is 0 Å². The number of aromatic nitrogens is 3. The van der Waals surface area contributed by atoms with E-state index in [1.807, 2.05) is 36.5 Å². The van der Waals surface area contributed by atoms with E-state index in [0.29, 0.717) is 6.54 Å². The number of rotatable bonds is 3. The molecule has 0 radical (unpaired) electrons. The first-order valence-electron chi connectivity index (χ1n) is 7.16. The van der Waals surface area contributed by atoms with Gasteiger partial charge >= 0.3 is 0 Å². The van der Waals surface area contributed by atoms with Gasteiger partial charge in [0.2, 0.25) is 16.0 Å². The molecule has 2 aromatic heterocycles. The maximum Gasteiger partial charge on any atom is 0.222 e. The molecular formula is C15H15N5OS. The summed E-state index contributed by atoms with van der Waals surface area (Å²) >= 11 is 1.54. The quantitative estimate of drug-likeness (QED) is 0.799. The molecule has 1 atom stereocenters. The highest BCUT2D eigenvalue weighted by Gasteiger charge is 2.28. The minimum atomic E-state index is -0.227. The van der Waals surface area contributed by atoms with E-state index in [4.69, 9.17) is 5.73 Å². The van der Waals surface area contributed by atoms with Gasteiger partial charge in [-0.2, -0.15) is 0 Å². The molecule has 3 heterocycles. The number of nitrogens with zero attached hydrogens (tertiary/aromatic N) is 4. The fourth-order valence-corrected chi connectivity index (χ4v) is 3.65. The van der Waals surface area contributed by atoms with E-state index in [9.17, 15) is 4.79 Å². The van der Waals surface area contributed by atoms with E-state index in [0.717, 1.165) is 34.3 Å². The Bertz CT molecular complexity index is 793. The zero-order valence-corrected chi connectivity index (χ0v) is 12.7. The molecule has 6 nitrogen and oxygen atoms in total. The van der Waals surface area contributed by atoms with Crippen LogP contribution in [0.2, 0.25) is 0 Å². The number of hydrogen-bond acceptors (Lipinski definition) is 5. The highest BCUT2D eigenvalue weighted by Crippen LogP contribution is 2.29. The fraction of sp³-hybridized carbons (Fsp3) is 0.267. The van der Waals surface area contributed by atoms with Crippen LogP contribution in [0.5, 0.6) is 0 Å². The topological polar surface area (TPSA) is 76.5 Å². The average Bonchev–Trinajstić information content (AvgIpc) is 3.21. The molecule has 112 valence electrons. The summed E-state index contributed by atoms with van der Waals surface area (Å²) in [6, 6.07) is 10.0. The SMILES string of the molecule is NC(=O)[C@@H]1CCN(c2nn3cc(-c4ccccc4)nc3s2)C1. The highest BCUT2D eigenvalue weighted by atomic mass is 32.1. The maximum absolute atomic E-state index is 11.3. The lowest BCUT2D eigenvalue weighted by Crippen LogP contribution is -2.27. The van der Waals surface area contributed by atoms with Gasteiger partial charge in [0.15, 0.2) is 0 Å². The Morgan fingerprint density at radius 2 is 2.14 bits per heavy atom. The van der Waals surface area contributed by atoms with Gasteiger partial charge in [-0.05, 0) is 6.42 Å². The summed E-state index contributed by atoms with van der Waals surface area (Å²) < 4.78 is 1.81. The van der Waals surface area contributed by atoms with Crippen LogP contribution in [-0.2, 0) is 4.79 Å². The molecule has 0 spiro atoms. The standard InChI is InChI=1S/C15H15N5OS/c16-13(21)11-6-7-19(8-11)15-18-20-9-12(17-14(20)22-15)10-4-2-1-3-5-10/h1-5,9,11H,6-8H2,(H2,16,21)/t11-/m1/s1. The van der Waals surface area contributed by atoms with Gasteiger partial charge in [-0.25, -0.2) is 9.50 Å². The molecule has 0 aliphatic carbocycles. The van der Waals surface area contributed by atoms with E-state index >= 15 is 0 Å². The van der Waals surface area contributed by atoms with E-state index in [1.54, 1.807) is 4.52 Å². The fourth-order valence-electron chi connectivity index (χ4n) is 2.73. The van der Waals surface area contributed by atoms with Crippen molar-refractivity contribution < 1.29 is 4.79 Å². The van der Waals surface area contributed by atoms with Crippen LogP contribution in [0.1, 0.15) is 6.42 Å². The van der Waals surface area contributed by atoms with Crippen molar-refractivity contribution in [1.29, 1.82) is 0 Å². The molecule has 7 heteroatoms. The first-order valence-corrected chi connectivity index (χ1v) is 7.98. The maximum atomic E-state index is 11.3. The summed E-state index contributed by atoms with van der Waals surface area (Å²) in [5, 5.41) is 5.48.